The first kappa shape index (κ1) is 23.1. The summed E-state index contributed by atoms with van der Waals surface area (Å²) >= 11 is 1.47. The van der Waals surface area contributed by atoms with Crippen LogP contribution >= 0.6 is 11.3 Å². The summed E-state index contributed by atoms with van der Waals surface area (Å²) in [5.41, 5.74) is 0.411. The van der Waals surface area contributed by atoms with Crippen LogP contribution in [-0.2, 0) is 14.3 Å². The summed E-state index contributed by atoms with van der Waals surface area (Å²) in [6, 6.07) is 2.86. The molecule has 0 unspecified atom stereocenters. The molecular weight excluding hydrogens is 420 g/mol. The molecule has 0 saturated carbocycles. The third-order valence-electron chi connectivity index (χ3n) is 4.88. The maximum absolute atomic E-state index is 12.8. The van der Waals surface area contributed by atoms with Crippen molar-refractivity contribution in [3.8, 4) is 0 Å². The quantitative estimate of drug-likeness (QED) is 0.669. The molecule has 3 heterocycles. The van der Waals surface area contributed by atoms with Crippen molar-refractivity contribution in [2.75, 3.05) is 39.3 Å². The molecule has 1 fully saturated rings. The fraction of sp³-hybridized carbons (Fsp3) is 0.571. The second-order valence-corrected chi connectivity index (χ2v) is 9.38. The third-order valence-corrected chi connectivity index (χ3v) is 5.82. The highest BCUT2D eigenvalue weighted by Crippen LogP contribution is 2.31. The zero-order valence-corrected chi connectivity index (χ0v) is 19.2. The van der Waals surface area contributed by atoms with Gasteiger partial charge in [0.25, 0.3) is 0 Å². The van der Waals surface area contributed by atoms with Crippen LogP contribution in [0.4, 0.5) is 9.59 Å². The second-order valence-electron chi connectivity index (χ2n) is 8.40. The Morgan fingerprint density at radius 3 is 2.52 bits per heavy atom. The Morgan fingerprint density at radius 1 is 1.23 bits per heavy atom. The van der Waals surface area contributed by atoms with Gasteiger partial charge < -0.3 is 25.0 Å². The Kier molecular flexibility index (Phi) is 7.22. The molecule has 1 atom stereocenters. The zero-order chi connectivity index (χ0) is 22.6. The maximum atomic E-state index is 12.8. The van der Waals surface area contributed by atoms with Crippen molar-refractivity contribution < 1.29 is 23.9 Å². The van der Waals surface area contributed by atoms with Crippen molar-refractivity contribution in [2.45, 2.75) is 39.3 Å². The number of nitrogens with zero attached hydrogens (tertiary/aromatic N) is 2. The SMILES string of the molecule is CCOC(=O)C1=C(CN2CCN(C(=O)OC(C)(C)C)CC2)NC(=O)N[C@@H]1c1cccs1. The number of thiophene rings is 1. The lowest BCUT2D eigenvalue weighted by atomic mass is 10.0. The topological polar surface area (TPSA) is 100 Å². The van der Waals surface area contributed by atoms with Crippen LogP contribution in [0.5, 0.6) is 0 Å². The minimum absolute atomic E-state index is 0.245. The molecule has 1 aromatic heterocycles. The number of piperazine rings is 1. The Labute approximate surface area is 186 Å². The van der Waals surface area contributed by atoms with Gasteiger partial charge in [-0.2, -0.15) is 0 Å². The van der Waals surface area contributed by atoms with Gasteiger partial charge >= 0.3 is 18.1 Å². The van der Waals surface area contributed by atoms with Gasteiger partial charge in [0.05, 0.1) is 18.2 Å². The lowest BCUT2D eigenvalue weighted by Crippen LogP contribution is -2.53. The summed E-state index contributed by atoms with van der Waals surface area (Å²) in [6.07, 6.45) is -0.327. The van der Waals surface area contributed by atoms with Crippen molar-refractivity contribution in [1.29, 1.82) is 0 Å². The number of hydrogen-bond acceptors (Lipinski definition) is 7. The van der Waals surface area contributed by atoms with Crippen molar-refractivity contribution >= 4 is 29.4 Å². The summed E-state index contributed by atoms with van der Waals surface area (Å²) in [7, 11) is 0. The number of carbonyl (C=O) groups is 3. The summed E-state index contributed by atoms with van der Waals surface area (Å²) in [5.74, 6) is -0.448. The van der Waals surface area contributed by atoms with Gasteiger partial charge in [0.1, 0.15) is 5.60 Å². The molecule has 31 heavy (non-hydrogen) atoms. The second kappa shape index (κ2) is 9.69. The van der Waals surface area contributed by atoms with E-state index in [9.17, 15) is 14.4 Å². The van der Waals surface area contributed by atoms with Crippen LogP contribution in [-0.4, -0.2) is 72.8 Å². The Hall–Kier alpha value is -2.59. The van der Waals surface area contributed by atoms with E-state index in [2.05, 4.69) is 15.5 Å². The van der Waals surface area contributed by atoms with Crippen LogP contribution in [0.1, 0.15) is 38.6 Å². The molecule has 0 aromatic carbocycles. The number of esters is 1. The van der Waals surface area contributed by atoms with Gasteiger partial charge in [0, 0.05) is 43.3 Å². The molecular formula is C21H30N4O5S. The molecule has 3 amide bonds. The van der Waals surface area contributed by atoms with E-state index in [1.54, 1.807) is 11.8 Å². The van der Waals surface area contributed by atoms with Crippen molar-refractivity contribution in [2.24, 2.45) is 0 Å². The van der Waals surface area contributed by atoms with Gasteiger partial charge in [-0.1, -0.05) is 6.07 Å². The number of ether oxygens (including phenoxy) is 2. The molecule has 3 rings (SSSR count). The number of rotatable bonds is 5. The van der Waals surface area contributed by atoms with Crippen molar-refractivity contribution in [3.05, 3.63) is 33.7 Å². The number of urea groups is 1. The van der Waals surface area contributed by atoms with Crippen LogP contribution < -0.4 is 10.6 Å². The highest BCUT2D eigenvalue weighted by molar-refractivity contribution is 7.10. The normalized spacial score (nSPS) is 20.2. The first-order valence-corrected chi connectivity index (χ1v) is 11.3. The van der Waals surface area contributed by atoms with Crippen LogP contribution in [0.25, 0.3) is 0 Å². The van der Waals surface area contributed by atoms with E-state index in [0.717, 1.165) is 4.88 Å². The maximum Gasteiger partial charge on any atom is 0.410 e. The van der Waals surface area contributed by atoms with E-state index in [4.69, 9.17) is 9.47 Å². The average molecular weight is 451 g/mol. The zero-order valence-electron chi connectivity index (χ0n) is 18.4. The van der Waals surface area contributed by atoms with E-state index >= 15 is 0 Å². The summed E-state index contributed by atoms with van der Waals surface area (Å²) in [4.78, 5) is 42.1. The number of hydrogen-bond donors (Lipinski definition) is 2. The van der Waals surface area contributed by atoms with Gasteiger partial charge in [-0.15, -0.1) is 11.3 Å². The highest BCUT2D eigenvalue weighted by atomic mass is 32.1. The van der Waals surface area contributed by atoms with E-state index in [1.807, 2.05) is 38.3 Å². The Balaban J connectivity index is 1.74. The first-order valence-electron chi connectivity index (χ1n) is 10.4. The molecule has 0 radical (unpaired) electrons. The monoisotopic (exact) mass is 450 g/mol. The molecule has 170 valence electrons. The summed E-state index contributed by atoms with van der Waals surface area (Å²) < 4.78 is 10.7. The highest BCUT2D eigenvalue weighted by Gasteiger charge is 2.35. The predicted molar refractivity (Wildman–Crippen MR) is 117 cm³/mol. The van der Waals surface area contributed by atoms with E-state index in [-0.39, 0.29) is 18.7 Å². The van der Waals surface area contributed by atoms with Gasteiger partial charge in [-0.25, -0.2) is 14.4 Å². The van der Waals surface area contributed by atoms with Gasteiger partial charge in [-0.05, 0) is 39.1 Å². The first-order chi connectivity index (χ1) is 14.7. The van der Waals surface area contributed by atoms with Crippen molar-refractivity contribution in [3.63, 3.8) is 0 Å². The van der Waals surface area contributed by atoms with Crippen LogP contribution in [0.2, 0.25) is 0 Å². The number of nitrogens with one attached hydrogen (secondary N) is 2. The van der Waals surface area contributed by atoms with Crippen LogP contribution in [0.3, 0.4) is 0 Å². The molecule has 0 spiro atoms. The fourth-order valence-electron chi connectivity index (χ4n) is 3.50. The third kappa shape index (κ3) is 5.98. The minimum atomic E-state index is -0.550. The predicted octanol–water partition coefficient (Wildman–Crippen LogP) is 2.47. The van der Waals surface area contributed by atoms with E-state index in [0.29, 0.717) is 44.0 Å². The number of amides is 3. The van der Waals surface area contributed by atoms with Gasteiger partial charge in [0.2, 0.25) is 0 Å². The average Bonchev–Trinajstić information content (AvgIpc) is 3.21. The Morgan fingerprint density at radius 2 is 1.94 bits per heavy atom. The van der Waals surface area contributed by atoms with Crippen LogP contribution in [0, 0.1) is 0 Å². The summed E-state index contributed by atoms with van der Waals surface area (Å²) in [5, 5.41) is 7.53. The molecule has 10 heteroatoms. The molecule has 2 aliphatic rings. The largest absolute Gasteiger partial charge is 0.463 e. The standard InChI is InChI=1S/C21H30N4O5S/c1-5-29-18(26)16-14(22-19(27)23-17(16)15-7-6-12-31-15)13-24-8-10-25(11-9-24)20(28)30-21(2,3)4/h6-7,12,17H,5,8-11,13H2,1-4H3,(H2,22,23,27)/t17-/m1/s1. The van der Waals surface area contributed by atoms with Crippen molar-refractivity contribution in [1.82, 2.24) is 20.4 Å². The van der Waals surface area contributed by atoms with E-state index in [1.165, 1.54) is 11.3 Å². The molecule has 0 aliphatic carbocycles. The molecule has 2 aliphatic heterocycles. The molecule has 0 bridgehead atoms. The van der Waals surface area contributed by atoms with E-state index < -0.39 is 17.6 Å². The molecule has 2 N–H and O–H groups in total. The lowest BCUT2D eigenvalue weighted by molar-refractivity contribution is -0.139. The molecule has 9 nitrogen and oxygen atoms in total. The van der Waals surface area contributed by atoms with Gasteiger partial charge in [0.15, 0.2) is 0 Å². The molecule has 1 aromatic rings. The lowest BCUT2D eigenvalue weighted by Gasteiger charge is -2.37. The Bertz CT molecular complexity index is 838. The van der Waals surface area contributed by atoms with Gasteiger partial charge in [-0.3, -0.25) is 4.90 Å². The molecule has 1 saturated heterocycles. The van der Waals surface area contributed by atoms with Crippen LogP contribution in [0.15, 0.2) is 28.8 Å². The fourth-order valence-corrected chi connectivity index (χ4v) is 4.28. The number of carbonyl (C=O) groups excluding carboxylic acids is 3. The minimum Gasteiger partial charge on any atom is -0.463 e. The summed E-state index contributed by atoms with van der Waals surface area (Å²) in [6.45, 7) is 10.1. The smallest absolute Gasteiger partial charge is 0.410 e.